The van der Waals surface area contributed by atoms with Gasteiger partial charge in [-0.2, -0.15) is 5.10 Å². The van der Waals surface area contributed by atoms with Crippen LogP contribution < -0.4 is 10.9 Å². The van der Waals surface area contributed by atoms with Crippen LogP contribution in [-0.4, -0.2) is 26.6 Å². The van der Waals surface area contributed by atoms with Crippen LogP contribution in [0.15, 0.2) is 30.3 Å². The highest BCUT2D eigenvalue weighted by Gasteiger charge is 2.17. The number of amides is 2. The molecule has 0 atom stereocenters. The molecule has 4 rings (SSSR count). The van der Waals surface area contributed by atoms with E-state index in [4.69, 9.17) is 12.2 Å². The zero-order valence-electron chi connectivity index (χ0n) is 17.4. The molecule has 2 amide bonds. The molecule has 2 aromatic heterocycles. The summed E-state index contributed by atoms with van der Waals surface area (Å²) in [5, 5.41) is 6.98. The number of aryl methyl sites for hydroxylation is 3. The third-order valence-corrected chi connectivity index (χ3v) is 6.95. The van der Waals surface area contributed by atoms with E-state index in [9.17, 15) is 9.59 Å². The van der Waals surface area contributed by atoms with Crippen molar-refractivity contribution in [3.63, 3.8) is 0 Å². The number of nitrogens with zero attached hydrogens (tertiary/aromatic N) is 2. The van der Waals surface area contributed by atoms with Gasteiger partial charge in [0.1, 0.15) is 6.54 Å². The monoisotopic (exact) mass is 455 g/mol. The molecule has 0 unspecified atom stereocenters. The highest BCUT2D eigenvalue weighted by Crippen LogP contribution is 2.28. The molecule has 0 radical (unpaired) electrons. The van der Waals surface area contributed by atoms with E-state index in [0.29, 0.717) is 15.5 Å². The maximum Gasteiger partial charge on any atom is 0.279 e. The maximum atomic E-state index is 12.6. The van der Waals surface area contributed by atoms with Gasteiger partial charge < -0.3 is 0 Å². The number of nitrogens with one attached hydrogen (secondary N) is 3. The molecule has 0 fully saturated rings. The second-order valence-electron chi connectivity index (χ2n) is 7.78. The molecule has 3 N–H and O–H groups in total. The first-order valence-electron chi connectivity index (χ1n) is 10.4. The fourth-order valence-corrected chi connectivity index (χ4v) is 5.06. The van der Waals surface area contributed by atoms with Gasteiger partial charge in [0.15, 0.2) is 10.6 Å². The van der Waals surface area contributed by atoms with E-state index in [-0.39, 0.29) is 18.4 Å². The van der Waals surface area contributed by atoms with Crippen molar-refractivity contribution in [1.29, 1.82) is 0 Å². The van der Waals surface area contributed by atoms with E-state index in [1.54, 1.807) is 4.57 Å². The van der Waals surface area contributed by atoms with Crippen molar-refractivity contribution in [2.24, 2.45) is 0 Å². The average Bonchev–Trinajstić information content (AvgIpc) is 3.30. The van der Waals surface area contributed by atoms with E-state index in [1.807, 2.05) is 37.3 Å². The molecular formula is C22H25N5O2S2. The SMILES string of the molecule is Cc1ccc(-c2n[nH]c(=S)n2CC(=O)NNC(=O)c2cc3c(s2)CCCCCC3)cc1. The van der Waals surface area contributed by atoms with Gasteiger partial charge in [0.2, 0.25) is 0 Å². The first-order chi connectivity index (χ1) is 15.0. The van der Waals surface area contributed by atoms with Gasteiger partial charge in [0, 0.05) is 10.4 Å². The van der Waals surface area contributed by atoms with Crippen LogP contribution in [0.3, 0.4) is 0 Å². The van der Waals surface area contributed by atoms with Gasteiger partial charge in [-0.05, 0) is 56.5 Å². The summed E-state index contributed by atoms with van der Waals surface area (Å²) in [6, 6.07) is 9.78. The number of carbonyl (C=O) groups is 2. The van der Waals surface area contributed by atoms with Gasteiger partial charge in [0.25, 0.3) is 11.8 Å². The number of H-pyrrole nitrogens is 1. The Morgan fingerprint density at radius 3 is 2.65 bits per heavy atom. The zero-order valence-corrected chi connectivity index (χ0v) is 19.0. The average molecular weight is 456 g/mol. The third kappa shape index (κ3) is 5.11. The first kappa shape index (κ1) is 21.5. The summed E-state index contributed by atoms with van der Waals surface area (Å²) in [4.78, 5) is 27.0. The number of hydrogen-bond donors (Lipinski definition) is 3. The van der Waals surface area contributed by atoms with Crippen LogP contribution in [0, 0.1) is 11.7 Å². The molecule has 0 saturated carbocycles. The van der Waals surface area contributed by atoms with Crippen molar-refractivity contribution in [2.75, 3.05) is 0 Å². The number of hydrazine groups is 1. The van der Waals surface area contributed by atoms with E-state index in [2.05, 4.69) is 21.0 Å². The highest BCUT2D eigenvalue weighted by molar-refractivity contribution is 7.71. The molecule has 1 aliphatic rings. The number of hydrogen-bond acceptors (Lipinski definition) is 5. The summed E-state index contributed by atoms with van der Waals surface area (Å²) < 4.78 is 1.95. The Kier molecular flexibility index (Phi) is 6.62. The summed E-state index contributed by atoms with van der Waals surface area (Å²) in [6.07, 6.45) is 6.87. The summed E-state index contributed by atoms with van der Waals surface area (Å²) in [5.74, 6) is -0.0988. The summed E-state index contributed by atoms with van der Waals surface area (Å²) in [7, 11) is 0. The molecule has 0 bridgehead atoms. The zero-order chi connectivity index (χ0) is 21.8. The molecular weight excluding hydrogens is 430 g/mol. The van der Waals surface area contributed by atoms with Crippen molar-refractivity contribution in [3.05, 3.63) is 56.0 Å². The normalized spacial score (nSPS) is 13.7. The van der Waals surface area contributed by atoms with Gasteiger partial charge in [-0.3, -0.25) is 30.1 Å². The molecule has 3 aromatic rings. The third-order valence-electron chi connectivity index (χ3n) is 5.41. The molecule has 7 nitrogen and oxygen atoms in total. The van der Waals surface area contributed by atoms with E-state index in [1.165, 1.54) is 41.0 Å². The summed E-state index contributed by atoms with van der Waals surface area (Å²) >= 11 is 6.81. The molecule has 0 spiro atoms. The number of benzene rings is 1. The van der Waals surface area contributed by atoms with Crippen molar-refractivity contribution in [3.8, 4) is 11.4 Å². The standard InChI is InChI=1S/C22H25N5O2S2/c1-14-8-10-15(11-9-14)20-24-26-22(30)27(20)13-19(28)23-25-21(29)18-12-16-6-4-2-3-5-7-17(16)31-18/h8-12H,2-7,13H2,1H3,(H,23,28)(H,25,29)(H,26,30). The second kappa shape index (κ2) is 9.57. The summed E-state index contributed by atoms with van der Waals surface area (Å²) in [5.41, 5.74) is 8.29. The van der Waals surface area contributed by atoms with Gasteiger partial charge in [-0.15, -0.1) is 11.3 Å². The number of aromatic nitrogens is 3. The highest BCUT2D eigenvalue weighted by atomic mass is 32.1. The lowest BCUT2D eigenvalue weighted by Crippen LogP contribution is -2.43. The van der Waals surface area contributed by atoms with Crippen LogP contribution in [0.1, 0.15) is 51.4 Å². The topological polar surface area (TPSA) is 91.8 Å². The van der Waals surface area contributed by atoms with E-state index >= 15 is 0 Å². The number of rotatable bonds is 4. The Morgan fingerprint density at radius 2 is 1.87 bits per heavy atom. The Morgan fingerprint density at radius 1 is 1.13 bits per heavy atom. The lowest BCUT2D eigenvalue weighted by atomic mass is 10.00. The molecule has 31 heavy (non-hydrogen) atoms. The smallest absolute Gasteiger partial charge is 0.279 e. The Balaban J connectivity index is 1.39. The minimum absolute atomic E-state index is 0.0558. The quantitative estimate of drug-likeness (QED) is 0.408. The van der Waals surface area contributed by atoms with Crippen molar-refractivity contribution < 1.29 is 9.59 Å². The largest absolute Gasteiger partial charge is 0.291 e. The molecule has 0 aliphatic heterocycles. The second-order valence-corrected chi connectivity index (χ2v) is 9.30. The Hall–Kier alpha value is -2.78. The number of carbonyl (C=O) groups excluding carboxylic acids is 2. The fraction of sp³-hybridized carbons (Fsp3) is 0.364. The maximum absolute atomic E-state index is 12.6. The molecule has 0 saturated heterocycles. The molecule has 162 valence electrons. The number of aromatic amines is 1. The Bertz CT molecular complexity index is 1120. The lowest BCUT2D eigenvalue weighted by molar-refractivity contribution is -0.122. The van der Waals surface area contributed by atoms with E-state index < -0.39 is 0 Å². The lowest BCUT2D eigenvalue weighted by Gasteiger charge is -2.09. The van der Waals surface area contributed by atoms with E-state index in [0.717, 1.165) is 30.4 Å². The fourth-order valence-electron chi connectivity index (χ4n) is 3.71. The Labute approximate surface area is 189 Å². The first-order valence-corrected chi connectivity index (χ1v) is 11.7. The molecule has 9 heteroatoms. The van der Waals surface area contributed by atoms with Crippen LogP contribution in [0.25, 0.3) is 11.4 Å². The van der Waals surface area contributed by atoms with Gasteiger partial charge >= 0.3 is 0 Å². The van der Waals surface area contributed by atoms with Crippen LogP contribution in [0.4, 0.5) is 0 Å². The van der Waals surface area contributed by atoms with Crippen molar-refractivity contribution in [2.45, 2.75) is 52.0 Å². The molecule has 1 aromatic carbocycles. The molecule has 1 aliphatic carbocycles. The van der Waals surface area contributed by atoms with Crippen LogP contribution in [0.5, 0.6) is 0 Å². The van der Waals surface area contributed by atoms with Crippen LogP contribution >= 0.6 is 23.6 Å². The number of fused-ring (bicyclic) bond motifs is 1. The van der Waals surface area contributed by atoms with Gasteiger partial charge in [0.05, 0.1) is 4.88 Å². The van der Waals surface area contributed by atoms with Crippen LogP contribution in [0.2, 0.25) is 0 Å². The minimum Gasteiger partial charge on any atom is -0.291 e. The van der Waals surface area contributed by atoms with Gasteiger partial charge in [-0.1, -0.05) is 42.7 Å². The van der Waals surface area contributed by atoms with Crippen LogP contribution in [-0.2, 0) is 24.2 Å². The number of thiophene rings is 1. The van der Waals surface area contributed by atoms with Crippen molar-refractivity contribution >= 4 is 35.4 Å². The minimum atomic E-state index is -0.380. The van der Waals surface area contributed by atoms with Crippen molar-refractivity contribution in [1.82, 2.24) is 25.6 Å². The van der Waals surface area contributed by atoms with Gasteiger partial charge in [-0.25, -0.2) is 0 Å². The molecule has 2 heterocycles. The predicted octanol–water partition coefficient (Wildman–Crippen LogP) is 4.10. The summed E-state index contributed by atoms with van der Waals surface area (Å²) in [6.45, 7) is 1.95. The predicted molar refractivity (Wildman–Crippen MR) is 123 cm³/mol.